The normalized spacial score (nSPS) is 11.7. The van der Waals surface area contributed by atoms with E-state index < -0.39 is 9.84 Å². The van der Waals surface area contributed by atoms with Crippen molar-refractivity contribution in [1.29, 1.82) is 5.26 Å². The minimum Gasteiger partial charge on any atom is -0.489 e. The molecule has 0 aliphatic carbocycles. The maximum atomic E-state index is 13.6. The maximum absolute atomic E-state index is 13.6. The first-order valence-corrected chi connectivity index (χ1v) is 10.3. The van der Waals surface area contributed by atoms with Crippen LogP contribution in [0.15, 0.2) is 82.6 Å². The number of ether oxygens (including phenoxy) is 1. The molecule has 0 radical (unpaired) electrons. The Kier molecular flexibility index (Phi) is 6.10. The van der Waals surface area contributed by atoms with Gasteiger partial charge in [-0.15, -0.1) is 0 Å². The molecule has 0 atom stereocenters. The summed E-state index contributed by atoms with van der Waals surface area (Å²) in [7, 11) is -3.90. The van der Waals surface area contributed by atoms with Crippen molar-refractivity contribution < 1.29 is 17.5 Å². The third kappa shape index (κ3) is 4.89. The van der Waals surface area contributed by atoms with Crippen molar-refractivity contribution in [3.05, 3.63) is 100 Å². The summed E-state index contributed by atoms with van der Waals surface area (Å²) in [6.45, 7) is 1.93. The highest BCUT2D eigenvalue weighted by atomic mass is 32.2. The molecule has 0 saturated carbocycles. The highest BCUT2D eigenvalue weighted by Crippen LogP contribution is 2.23. The van der Waals surface area contributed by atoms with Crippen LogP contribution in [0.1, 0.15) is 16.7 Å². The zero-order valence-electron chi connectivity index (χ0n) is 15.7. The number of nitriles is 1. The Labute approximate surface area is 169 Å². The summed E-state index contributed by atoms with van der Waals surface area (Å²) in [4.78, 5) is -0.276. The Morgan fingerprint density at radius 1 is 1.03 bits per heavy atom. The highest BCUT2D eigenvalue weighted by Gasteiger charge is 2.20. The second-order valence-corrected chi connectivity index (χ2v) is 8.30. The van der Waals surface area contributed by atoms with Crippen molar-refractivity contribution in [1.82, 2.24) is 0 Å². The van der Waals surface area contributed by atoms with Gasteiger partial charge in [-0.25, -0.2) is 12.8 Å². The maximum Gasteiger partial charge on any atom is 0.216 e. The molecule has 0 N–H and O–H groups in total. The van der Waals surface area contributed by atoms with Gasteiger partial charge in [-0.1, -0.05) is 48.0 Å². The summed E-state index contributed by atoms with van der Waals surface area (Å²) in [6.07, 6.45) is 1.32. The molecular formula is C23H18FNO3S. The summed E-state index contributed by atoms with van der Waals surface area (Å²) in [6, 6.07) is 21.0. The zero-order valence-corrected chi connectivity index (χ0v) is 16.5. The second kappa shape index (κ2) is 8.72. The average molecular weight is 407 g/mol. The largest absolute Gasteiger partial charge is 0.489 e. The van der Waals surface area contributed by atoms with Crippen LogP contribution in [0.3, 0.4) is 0 Å². The minimum absolute atomic E-state index is 0.0701. The molecule has 146 valence electrons. The van der Waals surface area contributed by atoms with Gasteiger partial charge in [-0.2, -0.15) is 5.26 Å². The van der Waals surface area contributed by atoms with Gasteiger partial charge in [0.25, 0.3) is 0 Å². The number of benzene rings is 3. The van der Waals surface area contributed by atoms with Crippen molar-refractivity contribution in [2.45, 2.75) is 18.4 Å². The summed E-state index contributed by atoms with van der Waals surface area (Å²) >= 11 is 0. The van der Waals surface area contributed by atoms with Gasteiger partial charge >= 0.3 is 0 Å². The number of nitrogens with zero attached hydrogens (tertiary/aromatic N) is 1. The summed E-state index contributed by atoms with van der Waals surface area (Å²) in [5, 5.41) is 9.37. The van der Waals surface area contributed by atoms with Crippen LogP contribution in [0.4, 0.5) is 4.39 Å². The number of aryl methyl sites for hydroxylation is 1. The fourth-order valence-corrected chi connectivity index (χ4v) is 3.76. The third-order valence-electron chi connectivity index (χ3n) is 4.26. The van der Waals surface area contributed by atoms with E-state index in [1.165, 1.54) is 24.3 Å². The van der Waals surface area contributed by atoms with Gasteiger partial charge in [0.15, 0.2) is 0 Å². The molecule has 3 aromatic carbocycles. The van der Waals surface area contributed by atoms with Crippen molar-refractivity contribution in [3.63, 3.8) is 0 Å². The third-order valence-corrected chi connectivity index (χ3v) is 5.94. The lowest BCUT2D eigenvalue weighted by atomic mass is 10.2. The van der Waals surface area contributed by atoms with Gasteiger partial charge in [-0.3, -0.25) is 0 Å². The fraction of sp³-hybridized carbons (Fsp3) is 0.0870. The molecule has 0 unspecified atom stereocenters. The lowest BCUT2D eigenvalue weighted by Crippen LogP contribution is -2.03. The van der Waals surface area contributed by atoms with Crippen LogP contribution in [-0.2, 0) is 16.4 Å². The van der Waals surface area contributed by atoms with E-state index in [1.807, 2.05) is 6.92 Å². The van der Waals surface area contributed by atoms with E-state index in [4.69, 9.17) is 4.74 Å². The summed E-state index contributed by atoms with van der Waals surface area (Å²) < 4.78 is 44.6. The molecule has 0 aromatic heterocycles. The molecule has 4 nitrogen and oxygen atoms in total. The van der Waals surface area contributed by atoms with Gasteiger partial charge in [0.1, 0.15) is 29.1 Å². The first-order chi connectivity index (χ1) is 13.9. The number of rotatable bonds is 6. The van der Waals surface area contributed by atoms with E-state index in [2.05, 4.69) is 0 Å². The van der Waals surface area contributed by atoms with E-state index in [0.717, 1.165) is 5.56 Å². The number of halogens is 1. The fourth-order valence-electron chi connectivity index (χ4n) is 2.60. The van der Waals surface area contributed by atoms with E-state index >= 15 is 0 Å². The molecule has 0 aliphatic rings. The minimum atomic E-state index is -3.90. The zero-order chi connectivity index (χ0) is 20.9. The number of hydrogen-bond acceptors (Lipinski definition) is 4. The second-order valence-electron chi connectivity index (χ2n) is 6.39. The molecule has 6 heteroatoms. The smallest absolute Gasteiger partial charge is 0.216 e. The molecule has 0 amide bonds. The van der Waals surface area contributed by atoms with Crippen LogP contribution in [-0.4, -0.2) is 8.42 Å². The Balaban J connectivity index is 1.77. The molecule has 29 heavy (non-hydrogen) atoms. The number of hydrogen-bond donors (Lipinski definition) is 0. The van der Waals surface area contributed by atoms with Crippen molar-refractivity contribution in [2.75, 3.05) is 0 Å². The lowest BCUT2D eigenvalue weighted by molar-refractivity contribution is 0.300. The van der Waals surface area contributed by atoms with Crippen LogP contribution >= 0.6 is 0 Å². The van der Waals surface area contributed by atoms with E-state index in [-0.39, 0.29) is 22.2 Å². The first kappa shape index (κ1) is 20.3. The van der Waals surface area contributed by atoms with Crippen LogP contribution < -0.4 is 4.74 Å². The predicted octanol–water partition coefficient (Wildman–Crippen LogP) is 5.05. The summed E-state index contributed by atoms with van der Waals surface area (Å²) in [5.74, 6) is 0.164. The monoisotopic (exact) mass is 407 g/mol. The highest BCUT2D eigenvalue weighted by molar-refractivity contribution is 7.95. The van der Waals surface area contributed by atoms with Crippen molar-refractivity contribution in [3.8, 4) is 11.8 Å². The molecule has 0 bridgehead atoms. The molecular weight excluding hydrogens is 389 g/mol. The Morgan fingerprint density at radius 2 is 1.69 bits per heavy atom. The lowest BCUT2D eigenvalue weighted by Gasteiger charge is -2.08. The van der Waals surface area contributed by atoms with E-state index in [1.54, 1.807) is 60.7 Å². The topological polar surface area (TPSA) is 67.2 Å². The molecule has 0 saturated heterocycles. The van der Waals surface area contributed by atoms with Crippen LogP contribution in [0.25, 0.3) is 6.08 Å². The van der Waals surface area contributed by atoms with Crippen LogP contribution in [0.5, 0.6) is 5.75 Å². The van der Waals surface area contributed by atoms with Gasteiger partial charge in [0.05, 0.1) is 4.90 Å². The van der Waals surface area contributed by atoms with Crippen LogP contribution in [0.2, 0.25) is 0 Å². The van der Waals surface area contributed by atoms with E-state index in [0.29, 0.717) is 16.9 Å². The van der Waals surface area contributed by atoms with Gasteiger partial charge in [0.2, 0.25) is 9.84 Å². The summed E-state index contributed by atoms with van der Waals surface area (Å²) in [5.41, 5.74) is 1.90. The Bertz CT molecular complexity index is 1180. The molecule has 0 heterocycles. The predicted molar refractivity (Wildman–Crippen MR) is 109 cm³/mol. The quantitative estimate of drug-likeness (QED) is 0.536. The van der Waals surface area contributed by atoms with Crippen LogP contribution in [0, 0.1) is 24.1 Å². The van der Waals surface area contributed by atoms with Crippen molar-refractivity contribution in [2.24, 2.45) is 0 Å². The molecule has 0 spiro atoms. The molecule has 0 aliphatic heterocycles. The average Bonchev–Trinajstić information content (AvgIpc) is 2.72. The Morgan fingerprint density at radius 3 is 2.31 bits per heavy atom. The number of sulfone groups is 1. The first-order valence-electron chi connectivity index (χ1n) is 8.80. The van der Waals surface area contributed by atoms with Gasteiger partial charge < -0.3 is 4.74 Å². The Hall–Kier alpha value is -3.43. The van der Waals surface area contributed by atoms with Gasteiger partial charge in [0, 0.05) is 5.56 Å². The van der Waals surface area contributed by atoms with Gasteiger partial charge in [-0.05, 0) is 48.9 Å². The molecule has 0 fully saturated rings. The number of allylic oxidation sites excluding steroid dienone is 1. The molecule has 3 rings (SSSR count). The van der Waals surface area contributed by atoms with Crippen molar-refractivity contribution >= 4 is 15.9 Å². The standard InChI is InChI=1S/C23H18FNO3S/c1-17-6-12-21(13-7-17)29(26,27)22(15-25)14-18-8-10-20(11-9-18)28-16-19-4-2-3-5-23(19)24/h2-14H,16H2,1H3/b22-14+. The SMILES string of the molecule is Cc1ccc(S(=O)(=O)/C(C#N)=C/c2ccc(OCc3ccccc3F)cc2)cc1. The molecule has 3 aromatic rings. The van der Waals surface area contributed by atoms with E-state index in [9.17, 15) is 18.1 Å².